The molecule has 2 unspecified atom stereocenters. The Bertz CT molecular complexity index is 329. The van der Waals surface area contributed by atoms with E-state index < -0.39 is 0 Å². The summed E-state index contributed by atoms with van der Waals surface area (Å²) in [7, 11) is 1.69. The molecule has 1 spiro atoms. The summed E-state index contributed by atoms with van der Waals surface area (Å²) >= 11 is 2.01. The Morgan fingerprint density at radius 2 is 2.05 bits per heavy atom. The van der Waals surface area contributed by atoms with E-state index in [2.05, 4.69) is 0 Å². The first-order chi connectivity index (χ1) is 9.24. The Morgan fingerprint density at radius 1 is 1.32 bits per heavy atom. The molecule has 2 atom stereocenters. The lowest BCUT2D eigenvalue weighted by Gasteiger charge is -2.43. The number of carbonyl (C=O) groups is 1. The maximum Gasteiger partial charge on any atom is 0.165 e. The van der Waals surface area contributed by atoms with E-state index in [4.69, 9.17) is 9.47 Å². The van der Waals surface area contributed by atoms with E-state index in [0.29, 0.717) is 11.7 Å². The standard InChI is InChI=1S/C15H24O3S/c1-17-14(11-2-3-11)13(16)12-4-7-18-15(10-12)5-8-19-9-6-15/h11-12,14H,2-10H2,1H3. The lowest BCUT2D eigenvalue weighted by Crippen LogP contribution is -2.46. The van der Waals surface area contributed by atoms with E-state index in [0.717, 1.165) is 45.1 Å². The second kappa shape index (κ2) is 5.74. The monoisotopic (exact) mass is 284 g/mol. The summed E-state index contributed by atoms with van der Waals surface area (Å²) in [6, 6.07) is 0. The Hall–Kier alpha value is -0.0600. The molecule has 108 valence electrons. The fraction of sp³-hybridized carbons (Fsp3) is 0.933. The van der Waals surface area contributed by atoms with Crippen LogP contribution in [0, 0.1) is 11.8 Å². The van der Waals surface area contributed by atoms with Gasteiger partial charge in [0, 0.05) is 19.6 Å². The van der Waals surface area contributed by atoms with E-state index >= 15 is 0 Å². The number of hydrogen-bond acceptors (Lipinski definition) is 4. The normalized spacial score (nSPS) is 32.2. The van der Waals surface area contributed by atoms with Crippen LogP contribution in [0.25, 0.3) is 0 Å². The summed E-state index contributed by atoms with van der Waals surface area (Å²) in [6.45, 7) is 0.752. The smallest absolute Gasteiger partial charge is 0.165 e. The van der Waals surface area contributed by atoms with Gasteiger partial charge < -0.3 is 9.47 Å². The van der Waals surface area contributed by atoms with E-state index in [1.54, 1.807) is 7.11 Å². The summed E-state index contributed by atoms with van der Waals surface area (Å²) in [5.41, 5.74) is 0.00562. The summed E-state index contributed by atoms with van der Waals surface area (Å²) in [4.78, 5) is 12.7. The van der Waals surface area contributed by atoms with Crippen molar-refractivity contribution in [3.05, 3.63) is 0 Å². The highest BCUT2D eigenvalue weighted by molar-refractivity contribution is 7.99. The van der Waals surface area contributed by atoms with Gasteiger partial charge in [-0.2, -0.15) is 11.8 Å². The molecule has 0 amide bonds. The fourth-order valence-electron chi connectivity index (χ4n) is 3.53. The molecule has 1 aliphatic carbocycles. The van der Waals surface area contributed by atoms with E-state index in [9.17, 15) is 4.79 Å². The third kappa shape index (κ3) is 3.01. The molecule has 0 bridgehead atoms. The van der Waals surface area contributed by atoms with Crippen LogP contribution in [0.5, 0.6) is 0 Å². The van der Waals surface area contributed by atoms with Crippen molar-refractivity contribution < 1.29 is 14.3 Å². The molecule has 3 aliphatic rings. The van der Waals surface area contributed by atoms with Crippen LogP contribution in [0.4, 0.5) is 0 Å². The Morgan fingerprint density at radius 3 is 2.68 bits per heavy atom. The average molecular weight is 284 g/mol. The van der Waals surface area contributed by atoms with Crippen LogP contribution >= 0.6 is 11.8 Å². The lowest BCUT2D eigenvalue weighted by molar-refractivity contribution is -0.148. The minimum Gasteiger partial charge on any atom is -0.375 e. The van der Waals surface area contributed by atoms with Crippen molar-refractivity contribution in [2.75, 3.05) is 25.2 Å². The number of hydrogen-bond donors (Lipinski definition) is 0. The van der Waals surface area contributed by atoms with Crippen LogP contribution < -0.4 is 0 Å². The molecule has 2 aliphatic heterocycles. The number of thioether (sulfide) groups is 1. The van der Waals surface area contributed by atoms with Crippen molar-refractivity contribution in [3.8, 4) is 0 Å². The highest BCUT2D eigenvalue weighted by atomic mass is 32.2. The van der Waals surface area contributed by atoms with E-state index in [-0.39, 0.29) is 17.6 Å². The van der Waals surface area contributed by atoms with Crippen LogP contribution in [0.2, 0.25) is 0 Å². The first-order valence-electron chi connectivity index (χ1n) is 7.52. The molecule has 3 rings (SSSR count). The Kier molecular flexibility index (Phi) is 4.20. The van der Waals surface area contributed by atoms with E-state index in [1.807, 2.05) is 11.8 Å². The number of methoxy groups -OCH3 is 1. The summed E-state index contributed by atoms with van der Waals surface area (Å²) < 4.78 is 11.5. The van der Waals surface area contributed by atoms with Gasteiger partial charge in [-0.15, -0.1) is 0 Å². The largest absolute Gasteiger partial charge is 0.375 e. The highest BCUT2D eigenvalue weighted by Gasteiger charge is 2.45. The van der Waals surface area contributed by atoms with E-state index in [1.165, 1.54) is 11.5 Å². The second-order valence-electron chi connectivity index (χ2n) is 6.23. The minimum atomic E-state index is -0.141. The molecule has 0 radical (unpaired) electrons. The molecule has 2 saturated heterocycles. The predicted octanol–water partition coefficient (Wildman–Crippen LogP) is 2.67. The summed E-state index contributed by atoms with van der Waals surface area (Å²) in [5, 5.41) is 0. The van der Waals surface area contributed by atoms with Crippen molar-refractivity contribution in [2.45, 2.75) is 50.2 Å². The number of Topliss-reactive ketones (excluding diaryl/α,β-unsaturated/α-hetero) is 1. The maximum absolute atomic E-state index is 12.7. The van der Waals surface area contributed by atoms with Gasteiger partial charge in [0.15, 0.2) is 5.78 Å². The third-order valence-corrected chi connectivity index (χ3v) is 5.87. The van der Waals surface area contributed by atoms with Gasteiger partial charge >= 0.3 is 0 Å². The van der Waals surface area contributed by atoms with Crippen molar-refractivity contribution in [2.24, 2.45) is 11.8 Å². The van der Waals surface area contributed by atoms with Crippen molar-refractivity contribution in [3.63, 3.8) is 0 Å². The minimum absolute atomic E-state index is 0.00562. The first-order valence-corrected chi connectivity index (χ1v) is 8.68. The molecule has 2 heterocycles. The van der Waals surface area contributed by atoms with Gasteiger partial charge in [-0.3, -0.25) is 4.79 Å². The zero-order valence-corrected chi connectivity index (χ0v) is 12.5. The quantitative estimate of drug-likeness (QED) is 0.795. The lowest BCUT2D eigenvalue weighted by atomic mass is 9.78. The molecule has 0 aromatic rings. The van der Waals surface area contributed by atoms with Gasteiger partial charge in [-0.05, 0) is 55.9 Å². The van der Waals surface area contributed by atoms with Crippen molar-refractivity contribution in [1.29, 1.82) is 0 Å². The van der Waals surface area contributed by atoms with Gasteiger partial charge in [-0.1, -0.05) is 0 Å². The third-order valence-electron chi connectivity index (χ3n) is 4.88. The molecular formula is C15H24O3S. The molecule has 19 heavy (non-hydrogen) atoms. The fourth-order valence-corrected chi connectivity index (χ4v) is 4.77. The molecule has 4 heteroatoms. The molecule has 0 aromatic heterocycles. The average Bonchev–Trinajstić information content (AvgIpc) is 3.25. The molecule has 3 fully saturated rings. The SMILES string of the molecule is COC(C(=O)C1CCOC2(CCSCC2)C1)C1CC1. The molecule has 0 N–H and O–H groups in total. The highest BCUT2D eigenvalue weighted by Crippen LogP contribution is 2.42. The molecular weight excluding hydrogens is 260 g/mol. The van der Waals surface area contributed by atoms with Crippen LogP contribution in [0.15, 0.2) is 0 Å². The van der Waals surface area contributed by atoms with Crippen molar-refractivity contribution >= 4 is 17.5 Å². The van der Waals surface area contributed by atoms with Crippen LogP contribution in [0.1, 0.15) is 38.5 Å². The van der Waals surface area contributed by atoms with Gasteiger partial charge in [0.05, 0.1) is 5.60 Å². The van der Waals surface area contributed by atoms with Gasteiger partial charge in [-0.25, -0.2) is 0 Å². The van der Waals surface area contributed by atoms with Gasteiger partial charge in [0.2, 0.25) is 0 Å². The van der Waals surface area contributed by atoms with Gasteiger partial charge in [0.25, 0.3) is 0 Å². The topological polar surface area (TPSA) is 35.5 Å². The predicted molar refractivity (Wildman–Crippen MR) is 76.5 cm³/mol. The maximum atomic E-state index is 12.7. The Balaban J connectivity index is 1.65. The zero-order valence-electron chi connectivity index (χ0n) is 11.7. The van der Waals surface area contributed by atoms with Crippen LogP contribution in [-0.4, -0.2) is 42.7 Å². The Labute approximate surface area is 119 Å². The molecule has 0 aromatic carbocycles. The number of ether oxygens (including phenoxy) is 2. The second-order valence-corrected chi connectivity index (χ2v) is 7.45. The van der Waals surface area contributed by atoms with Crippen LogP contribution in [-0.2, 0) is 14.3 Å². The summed E-state index contributed by atoms with van der Waals surface area (Å²) in [6.07, 6.45) is 6.23. The number of ketones is 1. The number of carbonyl (C=O) groups excluding carboxylic acids is 1. The number of rotatable bonds is 4. The van der Waals surface area contributed by atoms with Gasteiger partial charge in [0.1, 0.15) is 6.10 Å². The van der Waals surface area contributed by atoms with Crippen molar-refractivity contribution in [1.82, 2.24) is 0 Å². The molecule has 1 saturated carbocycles. The molecule has 3 nitrogen and oxygen atoms in total. The van der Waals surface area contributed by atoms with Crippen LogP contribution in [0.3, 0.4) is 0 Å². The summed E-state index contributed by atoms with van der Waals surface area (Å²) in [5.74, 6) is 3.38. The zero-order chi connectivity index (χ0) is 13.3. The first kappa shape index (κ1) is 13.9.